The monoisotopic (exact) mass is 255 g/mol. The number of aryl methyl sites for hydroxylation is 1. The predicted molar refractivity (Wildman–Crippen MR) is 72.3 cm³/mol. The summed E-state index contributed by atoms with van der Waals surface area (Å²) in [5.41, 5.74) is 3.12. The van der Waals surface area contributed by atoms with Crippen molar-refractivity contribution in [1.82, 2.24) is 15.0 Å². The van der Waals surface area contributed by atoms with Crippen molar-refractivity contribution < 1.29 is 9.84 Å². The van der Waals surface area contributed by atoms with E-state index in [2.05, 4.69) is 15.0 Å². The molecular formula is C14H13N3O2. The first-order valence-corrected chi connectivity index (χ1v) is 5.87. The highest BCUT2D eigenvalue weighted by atomic mass is 16.5. The Kier molecular flexibility index (Phi) is 2.59. The van der Waals surface area contributed by atoms with E-state index >= 15 is 0 Å². The molecule has 3 aromatic rings. The highest BCUT2D eigenvalue weighted by Crippen LogP contribution is 2.31. The van der Waals surface area contributed by atoms with Crippen LogP contribution in [0.4, 0.5) is 0 Å². The number of phenols is 1. The molecule has 2 N–H and O–H groups in total. The van der Waals surface area contributed by atoms with Gasteiger partial charge in [0.25, 0.3) is 0 Å². The third-order valence-electron chi connectivity index (χ3n) is 2.93. The van der Waals surface area contributed by atoms with E-state index in [1.54, 1.807) is 31.5 Å². The summed E-state index contributed by atoms with van der Waals surface area (Å²) in [5, 5.41) is 9.93. The van der Waals surface area contributed by atoms with Crippen molar-refractivity contribution >= 4 is 11.2 Å². The van der Waals surface area contributed by atoms with Gasteiger partial charge in [0, 0.05) is 6.20 Å². The molecule has 0 bridgehead atoms. The van der Waals surface area contributed by atoms with Crippen molar-refractivity contribution in [2.24, 2.45) is 0 Å². The average Bonchev–Trinajstić information content (AvgIpc) is 2.82. The number of aromatic amines is 1. The lowest BCUT2D eigenvalue weighted by Crippen LogP contribution is -1.86. The lowest BCUT2D eigenvalue weighted by Gasteiger charge is -2.04. The van der Waals surface area contributed by atoms with Crippen LogP contribution in [-0.4, -0.2) is 27.2 Å². The minimum absolute atomic E-state index is 0.150. The maximum atomic E-state index is 9.93. The highest BCUT2D eigenvalue weighted by Gasteiger charge is 2.11. The number of pyridine rings is 1. The van der Waals surface area contributed by atoms with Gasteiger partial charge in [-0.1, -0.05) is 0 Å². The molecule has 3 rings (SSSR count). The van der Waals surface area contributed by atoms with E-state index in [9.17, 15) is 5.11 Å². The van der Waals surface area contributed by atoms with Gasteiger partial charge in [0.2, 0.25) is 0 Å². The molecular weight excluding hydrogens is 242 g/mol. The number of nitrogens with zero attached hydrogens (tertiary/aromatic N) is 2. The Morgan fingerprint density at radius 1 is 1.26 bits per heavy atom. The second kappa shape index (κ2) is 4.28. The number of aromatic hydroxyl groups is 1. The van der Waals surface area contributed by atoms with E-state index in [-0.39, 0.29) is 5.75 Å². The summed E-state index contributed by atoms with van der Waals surface area (Å²) in [5.74, 6) is 1.39. The molecule has 0 amide bonds. The van der Waals surface area contributed by atoms with Crippen molar-refractivity contribution in [3.05, 3.63) is 36.0 Å². The zero-order valence-electron chi connectivity index (χ0n) is 10.6. The molecule has 2 aromatic heterocycles. The molecule has 96 valence electrons. The van der Waals surface area contributed by atoms with Crippen LogP contribution in [0.3, 0.4) is 0 Å². The Morgan fingerprint density at radius 2 is 2.11 bits per heavy atom. The van der Waals surface area contributed by atoms with Crippen molar-refractivity contribution in [3.63, 3.8) is 0 Å². The summed E-state index contributed by atoms with van der Waals surface area (Å²) in [4.78, 5) is 11.8. The number of ether oxygens (including phenoxy) is 1. The number of methoxy groups -OCH3 is 1. The maximum Gasteiger partial charge on any atom is 0.178 e. The molecule has 0 aliphatic heterocycles. The molecule has 2 heterocycles. The summed E-state index contributed by atoms with van der Waals surface area (Å²) in [7, 11) is 1.58. The molecule has 1 aromatic carbocycles. The smallest absolute Gasteiger partial charge is 0.178 e. The second-order valence-electron chi connectivity index (χ2n) is 4.35. The fraction of sp³-hybridized carbons (Fsp3) is 0.143. The Morgan fingerprint density at radius 3 is 2.89 bits per heavy atom. The van der Waals surface area contributed by atoms with E-state index < -0.39 is 0 Å². The number of nitrogens with one attached hydrogen (secondary N) is 1. The Balaban J connectivity index is 2.18. The normalized spacial score (nSPS) is 10.8. The number of hydrogen-bond acceptors (Lipinski definition) is 4. The number of hydrogen-bond donors (Lipinski definition) is 2. The summed E-state index contributed by atoms with van der Waals surface area (Å²) in [6, 6.07) is 6.99. The van der Waals surface area contributed by atoms with Crippen LogP contribution in [0.5, 0.6) is 11.5 Å². The standard InChI is InChI=1S/C14H13N3O2/c1-8-5-11-14(15-7-8)17-13(16-11)10-6-9(19-2)3-4-12(10)18/h3-7,18H,1-2H3,(H,15,16,17). The molecule has 5 nitrogen and oxygen atoms in total. The van der Waals surface area contributed by atoms with Crippen LogP contribution < -0.4 is 4.74 Å². The summed E-state index contributed by atoms with van der Waals surface area (Å²) < 4.78 is 5.16. The average molecular weight is 255 g/mol. The van der Waals surface area contributed by atoms with E-state index in [1.807, 2.05) is 13.0 Å². The van der Waals surface area contributed by atoms with Gasteiger partial charge in [-0.15, -0.1) is 0 Å². The fourth-order valence-corrected chi connectivity index (χ4v) is 1.96. The summed E-state index contributed by atoms with van der Waals surface area (Å²) in [6.45, 7) is 1.97. The Bertz CT molecular complexity index is 750. The van der Waals surface area contributed by atoms with Gasteiger partial charge in [0.05, 0.1) is 18.2 Å². The van der Waals surface area contributed by atoms with Gasteiger partial charge in [0.15, 0.2) is 5.65 Å². The quantitative estimate of drug-likeness (QED) is 0.738. The third-order valence-corrected chi connectivity index (χ3v) is 2.93. The van der Waals surface area contributed by atoms with E-state index in [0.29, 0.717) is 22.8 Å². The summed E-state index contributed by atoms with van der Waals surface area (Å²) >= 11 is 0. The number of fused-ring (bicyclic) bond motifs is 1. The largest absolute Gasteiger partial charge is 0.507 e. The number of rotatable bonds is 2. The van der Waals surface area contributed by atoms with Crippen LogP contribution in [0, 0.1) is 6.92 Å². The molecule has 5 heteroatoms. The first-order valence-electron chi connectivity index (χ1n) is 5.87. The van der Waals surface area contributed by atoms with Crippen molar-refractivity contribution in [3.8, 4) is 22.9 Å². The van der Waals surface area contributed by atoms with Gasteiger partial charge in [-0.3, -0.25) is 0 Å². The molecule has 19 heavy (non-hydrogen) atoms. The van der Waals surface area contributed by atoms with Crippen LogP contribution in [0.1, 0.15) is 5.56 Å². The molecule has 0 saturated heterocycles. The van der Waals surface area contributed by atoms with Crippen LogP contribution in [-0.2, 0) is 0 Å². The molecule has 0 radical (unpaired) electrons. The highest BCUT2D eigenvalue weighted by molar-refractivity contribution is 5.78. The molecule has 0 aliphatic rings. The van der Waals surface area contributed by atoms with E-state index in [0.717, 1.165) is 11.1 Å². The van der Waals surface area contributed by atoms with Gasteiger partial charge in [-0.25, -0.2) is 9.97 Å². The topological polar surface area (TPSA) is 71.0 Å². The fourth-order valence-electron chi connectivity index (χ4n) is 1.96. The maximum absolute atomic E-state index is 9.93. The molecule has 0 unspecified atom stereocenters. The van der Waals surface area contributed by atoms with Crippen molar-refractivity contribution in [1.29, 1.82) is 0 Å². The van der Waals surface area contributed by atoms with Gasteiger partial charge >= 0.3 is 0 Å². The molecule has 0 spiro atoms. The first-order chi connectivity index (χ1) is 9.17. The second-order valence-corrected chi connectivity index (χ2v) is 4.35. The van der Waals surface area contributed by atoms with Crippen LogP contribution in [0.25, 0.3) is 22.6 Å². The van der Waals surface area contributed by atoms with E-state index in [1.165, 1.54) is 0 Å². The molecule has 0 fully saturated rings. The van der Waals surface area contributed by atoms with Crippen LogP contribution in [0.2, 0.25) is 0 Å². The lowest BCUT2D eigenvalue weighted by atomic mass is 10.2. The number of aromatic nitrogens is 3. The van der Waals surface area contributed by atoms with Crippen molar-refractivity contribution in [2.45, 2.75) is 6.92 Å². The van der Waals surface area contributed by atoms with E-state index in [4.69, 9.17) is 4.74 Å². The number of phenolic OH excluding ortho intramolecular Hbond substituents is 1. The van der Waals surface area contributed by atoms with Crippen molar-refractivity contribution in [2.75, 3.05) is 7.11 Å². The van der Waals surface area contributed by atoms with Crippen LogP contribution >= 0.6 is 0 Å². The predicted octanol–water partition coefficient (Wildman–Crippen LogP) is 2.65. The SMILES string of the molecule is COc1ccc(O)c(-c2nc3ncc(C)cc3[nH]2)c1. The molecule has 0 saturated carbocycles. The minimum atomic E-state index is 0.150. The molecule has 0 aliphatic carbocycles. The van der Waals surface area contributed by atoms with Gasteiger partial charge in [-0.2, -0.15) is 0 Å². The number of imidazole rings is 1. The first kappa shape index (κ1) is 11.5. The Labute approximate surface area is 109 Å². The molecule has 0 atom stereocenters. The van der Waals surface area contributed by atoms with Gasteiger partial charge in [-0.05, 0) is 36.8 Å². The zero-order chi connectivity index (χ0) is 13.4. The third kappa shape index (κ3) is 1.99. The van der Waals surface area contributed by atoms with Gasteiger partial charge in [0.1, 0.15) is 17.3 Å². The minimum Gasteiger partial charge on any atom is -0.507 e. The summed E-state index contributed by atoms with van der Waals surface area (Å²) in [6.07, 6.45) is 1.76. The Hall–Kier alpha value is -2.56. The number of benzene rings is 1. The van der Waals surface area contributed by atoms with Gasteiger partial charge < -0.3 is 14.8 Å². The lowest BCUT2D eigenvalue weighted by molar-refractivity contribution is 0.412. The zero-order valence-corrected chi connectivity index (χ0v) is 10.6. The van der Waals surface area contributed by atoms with Crippen LogP contribution in [0.15, 0.2) is 30.5 Å². The number of H-pyrrole nitrogens is 1.